The second-order valence-corrected chi connectivity index (χ2v) is 4.91. The highest BCUT2D eigenvalue weighted by molar-refractivity contribution is 7.86. The molecule has 0 saturated carbocycles. The Bertz CT molecular complexity index is 284. The highest BCUT2D eigenvalue weighted by Gasteiger charge is 2.24. The highest BCUT2D eigenvalue weighted by Crippen LogP contribution is 2.04. The summed E-state index contributed by atoms with van der Waals surface area (Å²) in [5.74, 6) is -0.164. The molecule has 0 aromatic rings. The smallest absolute Gasteiger partial charge is 0.282 e. The summed E-state index contributed by atoms with van der Waals surface area (Å²) in [7, 11) is -2.04. The first-order chi connectivity index (χ1) is 6.36. The molecule has 84 valence electrons. The third-order valence-corrected chi connectivity index (χ3v) is 3.90. The summed E-state index contributed by atoms with van der Waals surface area (Å²) in [5, 5.41) is 7.01. The molecular weight excluding hydrogens is 204 g/mol. The van der Waals surface area contributed by atoms with E-state index in [4.69, 9.17) is 11.1 Å². The summed E-state index contributed by atoms with van der Waals surface area (Å²) in [6.07, 6.45) is 0. The van der Waals surface area contributed by atoms with E-state index in [0.717, 1.165) is 4.31 Å². The van der Waals surface area contributed by atoms with Gasteiger partial charge in [0.2, 0.25) is 0 Å². The Kier molecular flexibility index (Phi) is 5.03. The van der Waals surface area contributed by atoms with Gasteiger partial charge in [-0.15, -0.1) is 0 Å². The van der Waals surface area contributed by atoms with Crippen LogP contribution in [0.25, 0.3) is 0 Å². The molecule has 14 heavy (non-hydrogen) atoms. The Hall–Kier alpha value is -0.660. The second kappa shape index (κ2) is 5.28. The molecule has 0 aliphatic heterocycles. The number of hydrogen-bond acceptors (Lipinski definition) is 3. The van der Waals surface area contributed by atoms with Gasteiger partial charge >= 0.3 is 0 Å². The number of likely N-dealkylation sites (N-methyl/N-ethyl adjacent to an activating group) is 1. The molecule has 0 aromatic heterocycles. The summed E-state index contributed by atoms with van der Waals surface area (Å²) in [4.78, 5) is 0. The van der Waals surface area contributed by atoms with E-state index < -0.39 is 10.2 Å². The van der Waals surface area contributed by atoms with Crippen LogP contribution in [0.2, 0.25) is 0 Å². The van der Waals surface area contributed by atoms with Crippen LogP contribution in [-0.2, 0) is 10.2 Å². The molecule has 0 radical (unpaired) electrons. The van der Waals surface area contributed by atoms with Crippen LogP contribution in [0.4, 0.5) is 0 Å². The molecule has 0 aromatic carbocycles. The van der Waals surface area contributed by atoms with E-state index in [1.165, 1.54) is 11.4 Å². The predicted molar refractivity (Wildman–Crippen MR) is 56.4 cm³/mol. The fourth-order valence-corrected chi connectivity index (χ4v) is 2.42. The Morgan fingerprint density at radius 2 is 1.79 bits per heavy atom. The Balaban J connectivity index is 4.67. The lowest BCUT2D eigenvalue weighted by Crippen LogP contribution is -2.44. The summed E-state index contributed by atoms with van der Waals surface area (Å²) in [6, 6.07) is 0. The molecular formula is C7H18N4O2S. The van der Waals surface area contributed by atoms with E-state index in [9.17, 15) is 8.42 Å². The fraction of sp³-hybridized carbons (Fsp3) is 0.857. The van der Waals surface area contributed by atoms with Crippen LogP contribution in [0, 0.1) is 5.41 Å². The molecule has 0 aliphatic carbocycles. The molecule has 0 bridgehead atoms. The number of rotatable bonds is 6. The van der Waals surface area contributed by atoms with E-state index in [1.807, 2.05) is 0 Å². The van der Waals surface area contributed by atoms with Crippen molar-refractivity contribution in [3.05, 3.63) is 0 Å². The Labute approximate surface area is 85.4 Å². The van der Waals surface area contributed by atoms with Gasteiger partial charge in [0.15, 0.2) is 0 Å². The Morgan fingerprint density at radius 3 is 2.07 bits per heavy atom. The van der Waals surface area contributed by atoms with Crippen molar-refractivity contribution in [1.29, 1.82) is 5.41 Å². The van der Waals surface area contributed by atoms with E-state index in [2.05, 4.69) is 0 Å². The summed E-state index contributed by atoms with van der Waals surface area (Å²) >= 11 is 0. The van der Waals surface area contributed by atoms with Crippen LogP contribution in [0.3, 0.4) is 0 Å². The van der Waals surface area contributed by atoms with Crippen molar-refractivity contribution < 1.29 is 8.42 Å². The number of amidine groups is 1. The lowest BCUT2D eigenvalue weighted by molar-refractivity contribution is 0.392. The molecule has 0 fully saturated rings. The molecule has 3 N–H and O–H groups in total. The van der Waals surface area contributed by atoms with Crippen LogP contribution >= 0.6 is 0 Å². The molecule has 7 heteroatoms. The monoisotopic (exact) mass is 222 g/mol. The summed E-state index contributed by atoms with van der Waals surface area (Å²) < 4.78 is 25.8. The molecule has 0 rings (SSSR count). The minimum Gasteiger partial charge on any atom is -0.387 e. The first-order valence-electron chi connectivity index (χ1n) is 4.40. The topological polar surface area (TPSA) is 90.5 Å². The SMILES string of the molecule is CCN(CC)S(=O)(=O)N(C)CC(=N)N. The first kappa shape index (κ1) is 13.3. The van der Waals surface area contributed by atoms with Crippen molar-refractivity contribution in [2.45, 2.75) is 13.8 Å². The molecule has 0 amide bonds. The zero-order chi connectivity index (χ0) is 11.4. The minimum absolute atomic E-state index is 0.0706. The van der Waals surface area contributed by atoms with Gasteiger partial charge in [0.25, 0.3) is 10.2 Å². The van der Waals surface area contributed by atoms with Crippen LogP contribution in [0.1, 0.15) is 13.8 Å². The van der Waals surface area contributed by atoms with Gasteiger partial charge in [-0.3, -0.25) is 5.41 Å². The van der Waals surface area contributed by atoms with Gasteiger partial charge in [-0.1, -0.05) is 13.8 Å². The highest BCUT2D eigenvalue weighted by atomic mass is 32.2. The minimum atomic E-state index is -3.45. The van der Waals surface area contributed by atoms with Crippen molar-refractivity contribution in [1.82, 2.24) is 8.61 Å². The van der Waals surface area contributed by atoms with Crippen LogP contribution in [0.5, 0.6) is 0 Å². The van der Waals surface area contributed by atoms with E-state index >= 15 is 0 Å². The molecule has 0 heterocycles. The first-order valence-corrected chi connectivity index (χ1v) is 5.80. The number of nitrogens with zero attached hydrogens (tertiary/aromatic N) is 2. The largest absolute Gasteiger partial charge is 0.387 e. The second-order valence-electron chi connectivity index (χ2n) is 2.87. The van der Waals surface area contributed by atoms with Crippen LogP contribution in [0.15, 0.2) is 0 Å². The van der Waals surface area contributed by atoms with E-state index in [-0.39, 0.29) is 12.4 Å². The van der Waals surface area contributed by atoms with E-state index in [1.54, 1.807) is 13.8 Å². The van der Waals surface area contributed by atoms with E-state index in [0.29, 0.717) is 13.1 Å². The summed E-state index contributed by atoms with van der Waals surface area (Å²) in [6.45, 7) is 4.30. The lowest BCUT2D eigenvalue weighted by atomic mass is 10.6. The van der Waals surface area contributed by atoms with Crippen LogP contribution < -0.4 is 5.73 Å². The summed E-state index contributed by atoms with van der Waals surface area (Å²) in [5.41, 5.74) is 5.13. The van der Waals surface area contributed by atoms with Gasteiger partial charge in [-0.05, 0) is 0 Å². The molecule has 0 atom stereocenters. The number of nitrogens with two attached hydrogens (primary N) is 1. The van der Waals surface area contributed by atoms with Gasteiger partial charge in [-0.25, -0.2) is 0 Å². The quantitative estimate of drug-likeness (QED) is 0.466. The van der Waals surface area contributed by atoms with Crippen molar-refractivity contribution >= 4 is 16.0 Å². The normalized spacial score (nSPS) is 12.4. The average molecular weight is 222 g/mol. The molecule has 0 saturated heterocycles. The van der Waals surface area contributed by atoms with Crippen molar-refractivity contribution in [3.8, 4) is 0 Å². The molecule has 0 unspecified atom stereocenters. The maximum atomic E-state index is 11.7. The lowest BCUT2D eigenvalue weighted by Gasteiger charge is -2.24. The molecule has 6 nitrogen and oxygen atoms in total. The Morgan fingerprint density at radius 1 is 1.36 bits per heavy atom. The third-order valence-electron chi connectivity index (χ3n) is 1.82. The fourth-order valence-electron chi connectivity index (χ4n) is 1.07. The molecule has 0 spiro atoms. The maximum absolute atomic E-state index is 11.7. The molecule has 0 aliphatic rings. The van der Waals surface area contributed by atoms with Crippen LogP contribution in [-0.4, -0.2) is 49.5 Å². The van der Waals surface area contributed by atoms with Crippen molar-refractivity contribution in [3.63, 3.8) is 0 Å². The zero-order valence-corrected chi connectivity index (χ0v) is 9.63. The maximum Gasteiger partial charge on any atom is 0.282 e. The van der Waals surface area contributed by atoms with Gasteiger partial charge in [0, 0.05) is 20.1 Å². The number of hydrogen-bond donors (Lipinski definition) is 2. The average Bonchev–Trinajstić information content (AvgIpc) is 2.04. The van der Waals surface area contributed by atoms with Crippen molar-refractivity contribution in [2.24, 2.45) is 5.73 Å². The van der Waals surface area contributed by atoms with Crippen molar-refractivity contribution in [2.75, 3.05) is 26.7 Å². The standard InChI is InChI=1S/C7H18N4O2S/c1-4-11(5-2)14(12,13)10(3)6-7(8)9/h4-6H2,1-3H3,(H3,8,9). The number of nitrogens with one attached hydrogen (secondary N) is 1. The van der Waals surface area contributed by atoms with Gasteiger partial charge in [0.05, 0.1) is 6.54 Å². The zero-order valence-electron chi connectivity index (χ0n) is 8.82. The third kappa shape index (κ3) is 3.24. The van der Waals surface area contributed by atoms with Gasteiger partial charge < -0.3 is 5.73 Å². The van der Waals surface area contributed by atoms with Gasteiger partial charge in [-0.2, -0.15) is 17.0 Å². The predicted octanol–water partition coefficient (Wildman–Crippen LogP) is -0.559. The van der Waals surface area contributed by atoms with Gasteiger partial charge in [0.1, 0.15) is 5.84 Å².